The van der Waals surface area contributed by atoms with Crippen LogP contribution in [-0.4, -0.2) is 73.4 Å². The molecule has 1 amide bonds. The van der Waals surface area contributed by atoms with Crippen molar-refractivity contribution in [2.24, 2.45) is 0 Å². The smallest absolute Gasteiger partial charge is 0.387 e. The van der Waals surface area contributed by atoms with Gasteiger partial charge in [-0.2, -0.15) is 0 Å². The van der Waals surface area contributed by atoms with Crippen LogP contribution in [0.3, 0.4) is 0 Å². The summed E-state index contributed by atoms with van der Waals surface area (Å²) in [5.74, 6) is -0.208. The van der Waals surface area contributed by atoms with Crippen LogP contribution in [0.2, 0.25) is 0 Å². The molecule has 0 aliphatic carbocycles. The largest absolute Gasteiger partial charge is 0.472 e. The SMILES string of the molecule is CC/C=C\C/C=C\C/C=C\C/C=C\C/C=C\C/C=C\C/C=C\C/C=C\C/C=C\C/C=C\CCCCCCC(=O)NC(COP(=O)(O)OCC[N+](C)(C)C)C(O)/C=C/CCCCCCCCCCCCC. The molecular weight excluding hydrogens is 888 g/mol. The number of amides is 1. The molecule has 0 aromatic carbocycles. The van der Waals surface area contributed by atoms with E-state index < -0.39 is 20.0 Å². The fourth-order valence-corrected chi connectivity index (χ4v) is 7.80. The van der Waals surface area contributed by atoms with Crippen LogP contribution in [0.25, 0.3) is 0 Å². The fraction of sp³-hybridized carbons (Fsp3) is 0.623. The van der Waals surface area contributed by atoms with Crippen LogP contribution in [0.5, 0.6) is 0 Å². The monoisotopic (exact) mass is 992 g/mol. The first-order valence-corrected chi connectivity index (χ1v) is 29.1. The van der Waals surface area contributed by atoms with Crippen molar-refractivity contribution in [1.82, 2.24) is 5.32 Å². The number of aliphatic hydroxyl groups excluding tert-OH is 1. The lowest BCUT2D eigenvalue weighted by Gasteiger charge is -2.25. The number of likely N-dealkylation sites (N-methyl/N-ethyl adjacent to an activating group) is 1. The number of nitrogens with one attached hydrogen (secondary N) is 1. The first kappa shape index (κ1) is 66.6. The van der Waals surface area contributed by atoms with E-state index in [0.717, 1.165) is 116 Å². The Kier molecular flexibility index (Phi) is 48.1. The second-order valence-corrected chi connectivity index (χ2v) is 20.7. The minimum atomic E-state index is -4.36. The molecule has 3 N–H and O–H groups in total. The number of allylic oxidation sites excluding steroid dienone is 21. The first-order chi connectivity index (χ1) is 34.0. The van der Waals surface area contributed by atoms with Gasteiger partial charge in [0, 0.05) is 6.42 Å². The van der Waals surface area contributed by atoms with Crippen molar-refractivity contribution in [2.45, 2.75) is 206 Å². The van der Waals surface area contributed by atoms with E-state index in [0.29, 0.717) is 17.4 Å². The molecule has 0 aliphatic rings. The number of hydrogen-bond donors (Lipinski definition) is 3. The van der Waals surface area contributed by atoms with Crippen LogP contribution >= 0.6 is 7.82 Å². The van der Waals surface area contributed by atoms with Crippen LogP contribution in [0.15, 0.2) is 134 Å². The average molecular weight is 992 g/mol. The molecule has 0 bridgehead atoms. The molecule has 0 radical (unpaired) electrons. The van der Waals surface area contributed by atoms with Crippen LogP contribution in [0.4, 0.5) is 0 Å². The number of unbranched alkanes of at least 4 members (excludes halogenated alkanes) is 15. The molecule has 0 saturated carbocycles. The summed E-state index contributed by atoms with van der Waals surface area (Å²) in [6.07, 6.45) is 76.9. The van der Waals surface area contributed by atoms with Crippen LogP contribution in [0.1, 0.15) is 194 Å². The highest BCUT2D eigenvalue weighted by molar-refractivity contribution is 7.47. The predicted octanol–water partition coefficient (Wildman–Crippen LogP) is 16.8. The van der Waals surface area contributed by atoms with Crippen molar-refractivity contribution in [3.8, 4) is 0 Å². The quantitative estimate of drug-likeness (QED) is 0.0243. The van der Waals surface area contributed by atoms with E-state index >= 15 is 0 Å². The first-order valence-electron chi connectivity index (χ1n) is 27.6. The summed E-state index contributed by atoms with van der Waals surface area (Å²) in [7, 11) is 1.53. The van der Waals surface area contributed by atoms with Crippen molar-refractivity contribution in [3.05, 3.63) is 134 Å². The lowest BCUT2D eigenvalue weighted by molar-refractivity contribution is -0.870. The van der Waals surface area contributed by atoms with Crippen molar-refractivity contribution in [1.29, 1.82) is 0 Å². The van der Waals surface area contributed by atoms with Crippen molar-refractivity contribution in [3.63, 3.8) is 0 Å². The number of quaternary nitrogens is 1. The van der Waals surface area contributed by atoms with Gasteiger partial charge in [-0.1, -0.05) is 225 Å². The highest BCUT2D eigenvalue weighted by atomic mass is 31.2. The molecule has 0 fully saturated rings. The summed E-state index contributed by atoms with van der Waals surface area (Å²) in [4.78, 5) is 23.2. The van der Waals surface area contributed by atoms with Crippen molar-refractivity contribution < 1.29 is 32.9 Å². The summed E-state index contributed by atoms with van der Waals surface area (Å²) in [5.41, 5.74) is 0. The molecule has 9 heteroatoms. The van der Waals surface area contributed by atoms with Gasteiger partial charge in [0.1, 0.15) is 13.2 Å². The summed E-state index contributed by atoms with van der Waals surface area (Å²) in [5, 5.41) is 13.8. The van der Waals surface area contributed by atoms with Gasteiger partial charge in [0.25, 0.3) is 0 Å². The molecule has 0 saturated heterocycles. The van der Waals surface area contributed by atoms with Gasteiger partial charge in [-0.15, -0.1) is 0 Å². The Labute approximate surface area is 430 Å². The third-order valence-electron chi connectivity index (χ3n) is 11.4. The molecule has 70 heavy (non-hydrogen) atoms. The zero-order valence-electron chi connectivity index (χ0n) is 45.2. The minimum absolute atomic E-state index is 0.0488. The Balaban J connectivity index is 4.27. The zero-order chi connectivity index (χ0) is 51.3. The minimum Gasteiger partial charge on any atom is -0.387 e. The Bertz CT molecular complexity index is 1590. The molecule has 398 valence electrons. The Morgan fingerprint density at radius 2 is 0.857 bits per heavy atom. The van der Waals surface area contributed by atoms with Crippen molar-refractivity contribution in [2.75, 3.05) is 40.9 Å². The van der Waals surface area contributed by atoms with Gasteiger partial charge in [0.05, 0.1) is 39.9 Å². The van der Waals surface area contributed by atoms with E-state index in [1.807, 2.05) is 27.2 Å². The van der Waals surface area contributed by atoms with E-state index in [2.05, 4.69) is 141 Å². The van der Waals surface area contributed by atoms with Gasteiger partial charge in [-0.3, -0.25) is 13.8 Å². The maximum absolute atomic E-state index is 12.9. The van der Waals surface area contributed by atoms with Gasteiger partial charge in [0.15, 0.2) is 0 Å². The van der Waals surface area contributed by atoms with E-state index in [9.17, 15) is 19.4 Å². The van der Waals surface area contributed by atoms with Gasteiger partial charge in [-0.25, -0.2) is 4.57 Å². The highest BCUT2D eigenvalue weighted by Gasteiger charge is 2.27. The van der Waals surface area contributed by atoms with Crippen LogP contribution in [-0.2, 0) is 18.4 Å². The maximum Gasteiger partial charge on any atom is 0.472 e. The Morgan fingerprint density at radius 1 is 0.500 bits per heavy atom. The summed E-state index contributed by atoms with van der Waals surface area (Å²) < 4.78 is 23.6. The third kappa shape index (κ3) is 52.5. The number of rotatable bonds is 48. The van der Waals surface area contributed by atoms with Gasteiger partial charge in [-0.05, 0) is 96.3 Å². The van der Waals surface area contributed by atoms with Crippen LogP contribution in [0, 0.1) is 0 Å². The number of nitrogens with zero attached hydrogens (tertiary/aromatic N) is 1. The van der Waals surface area contributed by atoms with E-state index in [1.54, 1.807) is 6.08 Å². The zero-order valence-corrected chi connectivity index (χ0v) is 46.1. The maximum atomic E-state index is 12.9. The second-order valence-electron chi connectivity index (χ2n) is 19.2. The second kappa shape index (κ2) is 50.6. The molecule has 3 atom stereocenters. The molecule has 0 aliphatic heterocycles. The number of carbonyl (C=O) groups excluding carboxylic acids is 1. The predicted molar refractivity (Wildman–Crippen MR) is 304 cm³/mol. The van der Waals surface area contributed by atoms with E-state index in [1.165, 1.54) is 57.8 Å². The number of phosphoric acid groups is 1. The Hall–Kier alpha value is -3.36. The Morgan fingerprint density at radius 3 is 1.26 bits per heavy atom. The third-order valence-corrected chi connectivity index (χ3v) is 12.4. The lowest BCUT2D eigenvalue weighted by atomic mass is 10.0. The number of carbonyl (C=O) groups is 1. The summed E-state index contributed by atoms with van der Waals surface area (Å²) >= 11 is 0. The number of aliphatic hydroxyl groups is 1. The fourth-order valence-electron chi connectivity index (χ4n) is 7.07. The molecule has 0 heterocycles. The van der Waals surface area contributed by atoms with E-state index in [-0.39, 0.29) is 19.1 Å². The van der Waals surface area contributed by atoms with E-state index in [4.69, 9.17) is 9.05 Å². The normalized spacial score (nSPS) is 15.0. The van der Waals surface area contributed by atoms with Crippen LogP contribution < -0.4 is 5.32 Å². The lowest BCUT2D eigenvalue weighted by Crippen LogP contribution is -2.45. The highest BCUT2D eigenvalue weighted by Crippen LogP contribution is 2.43. The molecule has 0 spiro atoms. The number of hydrogen-bond acceptors (Lipinski definition) is 5. The topological polar surface area (TPSA) is 105 Å². The molecule has 0 aromatic rings. The standard InChI is InChI=1S/C61H103N2O6P/c1-6-8-10-12-14-16-18-20-21-22-23-24-25-26-27-28-29-30-31-32-33-34-35-36-37-38-39-40-41-43-45-47-49-51-53-55-61(65)62-59(58-69-70(66,67)68-57-56-63(3,4)5)60(64)54-52-50-48-46-44-42-19-17-15-13-11-9-7-2/h8,10,14,16,20-21,23-24,26-27,29-30,32-33,35-36,38-39,41,43,52,54,59-60,64H,6-7,9,11-13,15,17-19,22,25,28,31,34,37,40,42,44-51,53,55-58H2,1-5H3,(H-,62,65,66,67)/p+1/b10-8-,16-14-,21-20-,24-23-,27-26-,30-29-,33-32-,36-35-,39-38-,43-41-,54-52+. The molecule has 3 unspecified atom stereocenters. The average Bonchev–Trinajstić information content (AvgIpc) is 3.32. The number of phosphoric ester groups is 1. The molecule has 0 aromatic heterocycles. The van der Waals surface area contributed by atoms with Gasteiger partial charge in [0.2, 0.25) is 5.91 Å². The van der Waals surface area contributed by atoms with Crippen molar-refractivity contribution >= 4 is 13.7 Å². The molecule has 8 nitrogen and oxygen atoms in total. The van der Waals surface area contributed by atoms with Gasteiger partial charge >= 0.3 is 7.82 Å². The summed E-state index contributed by atoms with van der Waals surface area (Å²) in [6.45, 7) is 4.65. The molecule has 0 rings (SSSR count). The summed E-state index contributed by atoms with van der Waals surface area (Å²) in [6, 6.07) is -0.869. The van der Waals surface area contributed by atoms with Gasteiger partial charge < -0.3 is 19.8 Å². The molecular formula is C61H104N2O6P+.